The predicted molar refractivity (Wildman–Crippen MR) is 140 cm³/mol. The maximum atomic E-state index is 10.7. The van der Waals surface area contributed by atoms with Crippen LogP contribution in [-0.2, 0) is 4.79 Å². The van der Waals surface area contributed by atoms with Crippen LogP contribution in [0.5, 0.6) is 5.75 Å². The van der Waals surface area contributed by atoms with Crippen LogP contribution >= 0.6 is 11.8 Å². The van der Waals surface area contributed by atoms with Gasteiger partial charge >= 0.3 is 5.97 Å². The maximum Gasteiger partial charge on any atom is 0.341 e. The molecular formula is C30H26O3S. The minimum atomic E-state index is -0.982. The fourth-order valence-electron chi connectivity index (χ4n) is 3.61. The number of ether oxygens (including phenoxy) is 1. The number of rotatable bonds is 9. The molecule has 3 nitrogen and oxygen atoms in total. The molecule has 4 rings (SSSR count). The van der Waals surface area contributed by atoms with Gasteiger partial charge in [0.15, 0.2) is 6.61 Å². The van der Waals surface area contributed by atoms with Crippen molar-refractivity contribution < 1.29 is 14.6 Å². The summed E-state index contributed by atoms with van der Waals surface area (Å²) in [6.07, 6.45) is 2.27. The molecule has 4 aromatic rings. The lowest BCUT2D eigenvalue weighted by atomic mass is 9.95. The minimum Gasteiger partial charge on any atom is -0.482 e. The Balaban J connectivity index is 1.52. The number of aliphatic carboxylic acids is 1. The predicted octanol–water partition coefficient (Wildman–Crippen LogP) is 7.35. The number of hydrogen-bond acceptors (Lipinski definition) is 3. The van der Waals surface area contributed by atoms with Gasteiger partial charge in [0.25, 0.3) is 0 Å². The SMILES string of the molecule is Cc1ccc(C(=CCSc2ccc(OCC(=O)O)cc2)c2ccc(-c3ccccc3)cc2)cc1. The lowest BCUT2D eigenvalue weighted by molar-refractivity contribution is -0.139. The maximum absolute atomic E-state index is 10.7. The molecule has 0 aliphatic heterocycles. The van der Waals surface area contributed by atoms with E-state index in [1.54, 1.807) is 23.9 Å². The Morgan fingerprint density at radius 3 is 2.00 bits per heavy atom. The molecule has 0 atom stereocenters. The third-order valence-corrected chi connectivity index (χ3v) is 6.33. The van der Waals surface area contributed by atoms with Crippen LogP contribution in [-0.4, -0.2) is 23.4 Å². The summed E-state index contributed by atoms with van der Waals surface area (Å²) >= 11 is 1.73. The second-order valence-corrected chi connectivity index (χ2v) is 8.99. The first kappa shape index (κ1) is 23.4. The lowest BCUT2D eigenvalue weighted by Crippen LogP contribution is -2.09. The van der Waals surface area contributed by atoms with E-state index in [1.165, 1.54) is 33.4 Å². The van der Waals surface area contributed by atoms with Crippen molar-refractivity contribution in [2.24, 2.45) is 0 Å². The molecule has 0 spiro atoms. The van der Waals surface area contributed by atoms with Gasteiger partial charge in [0.05, 0.1) is 0 Å². The van der Waals surface area contributed by atoms with Crippen molar-refractivity contribution in [1.82, 2.24) is 0 Å². The fraction of sp³-hybridized carbons (Fsp3) is 0.100. The van der Waals surface area contributed by atoms with Crippen LogP contribution in [0, 0.1) is 6.92 Å². The number of carboxylic acids is 1. The van der Waals surface area contributed by atoms with Crippen molar-refractivity contribution in [1.29, 1.82) is 0 Å². The van der Waals surface area contributed by atoms with Crippen LogP contribution in [0.1, 0.15) is 16.7 Å². The van der Waals surface area contributed by atoms with Crippen LogP contribution in [0.15, 0.2) is 114 Å². The first-order valence-electron chi connectivity index (χ1n) is 11.1. The summed E-state index contributed by atoms with van der Waals surface area (Å²) in [6.45, 7) is 1.76. The second kappa shape index (κ2) is 11.4. The van der Waals surface area contributed by atoms with Crippen molar-refractivity contribution in [2.45, 2.75) is 11.8 Å². The number of carboxylic acid groups (broad SMARTS) is 1. The van der Waals surface area contributed by atoms with Gasteiger partial charge in [-0.3, -0.25) is 0 Å². The molecule has 4 aromatic carbocycles. The van der Waals surface area contributed by atoms with Gasteiger partial charge in [-0.1, -0.05) is 90.5 Å². The molecule has 1 N–H and O–H groups in total. The third kappa shape index (κ3) is 6.40. The topological polar surface area (TPSA) is 46.5 Å². The Morgan fingerprint density at radius 2 is 1.38 bits per heavy atom. The number of aryl methyl sites for hydroxylation is 1. The van der Waals surface area contributed by atoms with E-state index < -0.39 is 5.97 Å². The lowest BCUT2D eigenvalue weighted by Gasteiger charge is -2.11. The van der Waals surface area contributed by atoms with Crippen molar-refractivity contribution in [3.8, 4) is 16.9 Å². The Hall–Kier alpha value is -3.76. The summed E-state index contributed by atoms with van der Waals surface area (Å²) in [4.78, 5) is 11.8. The van der Waals surface area contributed by atoms with E-state index in [9.17, 15) is 4.79 Å². The smallest absolute Gasteiger partial charge is 0.341 e. The van der Waals surface area contributed by atoms with Crippen LogP contribution in [0.3, 0.4) is 0 Å². The van der Waals surface area contributed by atoms with Gasteiger partial charge in [0.1, 0.15) is 5.75 Å². The summed E-state index contributed by atoms with van der Waals surface area (Å²) in [5, 5.41) is 8.74. The number of hydrogen-bond donors (Lipinski definition) is 1. The minimum absolute atomic E-state index is 0.335. The zero-order chi connectivity index (χ0) is 23.8. The molecule has 0 aliphatic rings. The van der Waals surface area contributed by atoms with E-state index in [4.69, 9.17) is 9.84 Å². The Morgan fingerprint density at radius 1 is 0.794 bits per heavy atom. The molecule has 0 bridgehead atoms. The van der Waals surface area contributed by atoms with E-state index in [2.05, 4.69) is 85.8 Å². The van der Waals surface area contributed by atoms with Crippen molar-refractivity contribution in [3.05, 3.63) is 126 Å². The van der Waals surface area contributed by atoms with Crippen molar-refractivity contribution in [3.63, 3.8) is 0 Å². The van der Waals surface area contributed by atoms with Gasteiger partial charge < -0.3 is 9.84 Å². The van der Waals surface area contributed by atoms with Gasteiger partial charge in [-0.05, 0) is 59.0 Å². The molecule has 0 aromatic heterocycles. The number of carbonyl (C=O) groups is 1. The Labute approximate surface area is 204 Å². The fourth-order valence-corrected chi connectivity index (χ4v) is 4.38. The van der Waals surface area contributed by atoms with Crippen LogP contribution in [0.2, 0.25) is 0 Å². The van der Waals surface area contributed by atoms with Crippen molar-refractivity contribution >= 4 is 23.3 Å². The van der Waals surface area contributed by atoms with Crippen LogP contribution < -0.4 is 4.74 Å². The first-order valence-corrected chi connectivity index (χ1v) is 12.1. The third-order valence-electron chi connectivity index (χ3n) is 5.39. The molecule has 0 heterocycles. The average Bonchev–Trinajstić information content (AvgIpc) is 2.87. The highest BCUT2D eigenvalue weighted by Crippen LogP contribution is 2.29. The summed E-state index contributed by atoms with van der Waals surface area (Å²) in [5.74, 6) is 0.379. The highest BCUT2D eigenvalue weighted by molar-refractivity contribution is 7.99. The molecule has 0 amide bonds. The van der Waals surface area contributed by atoms with E-state index >= 15 is 0 Å². The number of benzene rings is 4. The molecule has 34 heavy (non-hydrogen) atoms. The molecule has 170 valence electrons. The van der Waals surface area contributed by atoms with Gasteiger partial charge in [0.2, 0.25) is 0 Å². The zero-order valence-corrected chi connectivity index (χ0v) is 19.8. The molecule has 0 radical (unpaired) electrons. The second-order valence-electron chi connectivity index (χ2n) is 7.89. The summed E-state index contributed by atoms with van der Waals surface area (Å²) in [7, 11) is 0. The molecule has 0 aliphatic carbocycles. The van der Waals surface area contributed by atoms with Crippen molar-refractivity contribution in [2.75, 3.05) is 12.4 Å². The van der Waals surface area contributed by atoms with Gasteiger partial charge in [-0.15, -0.1) is 11.8 Å². The molecule has 4 heteroatoms. The highest BCUT2D eigenvalue weighted by Gasteiger charge is 2.07. The number of thioether (sulfide) groups is 1. The first-order chi connectivity index (χ1) is 16.6. The van der Waals surface area contributed by atoms with E-state index in [-0.39, 0.29) is 6.61 Å². The average molecular weight is 467 g/mol. The normalized spacial score (nSPS) is 11.3. The standard InChI is InChI=1S/C30H26O3S/c1-22-7-9-25(10-8-22)29(26-13-11-24(12-14-26)23-5-3-2-4-6-23)19-20-34-28-17-15-27(16-18-28)33-21-30(31)32/h2-19H,20-21H2,1H3,(H,31,32). The molecule has 0 fully saturated rings. The zero-order valence-electron chi connectivity index (χ0n) is 19.0. The molecular weight excluding hydrogens is 440 g/mol. The monoisotopic (exact) mass is 466 g/mol. The Bertz CT molecular complexity index is 1240. The Kier molecular flexibility index (Phi) is 7.84. The van der Waals surface area contributed by atoms with Crippen LogP contribution in [0.25, 0.3) is 16.7 Å². The van der Waals surface area contributed by atoms with E-state index in [0.717, 1.165) is 10.6 Å². The highest BCUT2D eigenvalue weighted by atomic mass is 32.2. The van der Waals surface area contributed by atoms with Gasteiger partial charge in [0, 0.05) is 10.6 Å². The van der Waals surface area contributed by atoms with E-state index in [1.807, 2.05) is 18.2 Å². The quantitative estimate of drug-likeness (QED) is 0.262. The van der Waals surface area contributed by atoms with Crippen LogP contribution in [0.4, 0.5) is 0 Å². The largest absolute Gasteiger partial charge is 0.482 e. The van der Waals surface area contributed by atoms with Gasteiger partial charge in [-0.2, -0.15) is 0 Å². The summed E-state index contributed by atoms with van der Waals surface area (Å²) in [5.41, 5.74) is 7.22. The van der Waals surface area contributed by atoms with E-state index in [0.29, 0.717) is 5.75 Å². The summed E-state index contributed by atoms with van der Waals surface area (Å²) in [6, 6.07) is 35.3. The summed E-state index contributed by atoms with van der Waals surface area (Å²) < 4.78 is 5.21. The van der Waals surface area contributed by atoms with Gasteiger partial charge in [-0.25, -0.2) is 4.79 Å². The molecule has 0 saturated heterocycles. The molecule has 0 unspecified atom stereocenters. The molecule has 0 saturated carbocycles.